The number of hydrogen-bond acceptors (Lipinski definition) is 4. The van der Waals surface area contributed by atoms with Gasteiger partial charge in [0.25, 0.3) is 0 Å². The van der Waals surface area contributed by atoms with E-state index in [1.807, 2.05) is 19.1 Å². The van der Waals surface area contributed by atoms with Gasteiger partial charge in [0.1, 0.15) is 6.04 Å². The van der Waals surface area contributed by atoms with Crippen LogP contribution in [-0.2, 0) is 11.2 Å². The van der Waals surface area contributed by atoms with Crippen molar-refractivity contribution >= 4 is 5.97 Å². The van der Waals surface area contributed by atoms with Gasteiger partial charge in [-0.05, 0) is 30.0 Å². The van der Waals surface area contributed by atoms with Crippen molar-refractivity contribution in [2.45, 2.75) is 19.4 Å². The summed E-state index contributed by atoms with van der Waals surface area (Å²) in [6.45, 7) is 1.81. The molecule has 0 saturated heterocycles. The van der Waals surface area contributed by atoms with Crippen molar-refractivity contribution in [2.24, 2.45) is 11.7 Å². The Balaban J connectivity index is 2.82. The van der Waals surface area contributed by atoms with Gasteiger partial charge in [0.2, 0.25) is 0 Å². The summed E-state index contributed by atoms with van der Waals surface area (Å²) >= 11 is 0. The number of aliphatic carboxylic acids is 1. The smallest absolute Gasteiger partial charge is 0.320 e. The van der Waals surface area contributed by atoms with Crippen LogP contribution in [0.3, 0.4) is 0 Å². The van der Waals surface area contributed by atoms with Gasteiger partial charge < -0.3 is 20.3 Å². The van der Waals surface area contributed by atoms with Crippen LogP contribution in [0.2, 0.25) is 0 Å². The average molecular weight is 253 g/mol. The van der Waals surface area contributed by atoms with Crippen LogP contribution in [0.15, 0.2) is 18.2 Å². The molecule has 1 aromatic carbocycles. The lowest BCUT2D eigenvalue weighted by molar-refractivity contribution is -0.139. The molecule has 2 unspecified atom stereocenters. The molecule has 1 aromatic rings. The molecule has 0 aliphatic heterocycles. The molecule has 0 aliphatic carbocycles. The van der Waals surface area contributed by atoms with E-state index in [0.717, 1.165) is 5.56 Å². The minimum absolute atomic E-state index is 0.152. The maximum absolute atomic E-state index is 10.8. The van der Waals surface area contributed by atoms with Crippen LogP contribution in [0.25, 0.3) is 0 Å². The number of nitrogens with two attached hydrogens (primary N) is 1. The van der Waals surface area contributed by atoms with Crippen molar-refractivity contribution in [2.75, 3.05) is 14.2 Å². The molecule has 0 spiro atoms. The fourth-order valence-corrected chi connectivity index (χ4v) is 1.75. The first kappa shape index (κ1) is 14.3. The first-order valence-corrected chi connectivity index (χ1v) is 5.69. The molecule has 100 valence electrons. The molecule has 0 amide bonds. The van der Waals surface area contributed by atoms with Gasteiger partial charge >= 0.3 is 5.97 Å². The quantitative estimate of drug-likeness (QED) is 0.798. The lowest BCUT2D eigenvalue weighted by atomic mass is 9.94. The van der Waals surface area contributed by atoms with E-state index in [-0.39, 0.29) is 5.92 Å². The number of carbonyl (C=O) groups is 1. The predicted octanol–water partition coefficient (Wildman–Crippen LogP) is 1.29. The van der Waals surface area contributed by atoms with Crippen molar-refractivity contribution in [1.29, 1.82) is 0 Å². The first-order valence-electron chi connectivity index (χ1n) is 5.69. The Morgan fingerprint density at radius 3 is 2.44 bits per heavy atom. The topological polar surface area (TPSA) is 81.8 Å². The number of methoxy groups -OCH3 is 2. The Morgan fingerprint density at radius 2 is 1.94 bits per heavy atom. The van der Waals surface area contributed by atoms with Crippen LogP contribution in [0.4, 0.5) is 0 Å². The number of carboxylic acid groups (broad SMARTS) is 1. The summed E-state index contributed by atoms with van der Waals surface area (Å²) in [5.74, 6) is 0.145. The summed E-state index contributed by atoms with van der Waals surface area (Å²) in [4.78, 5) is 10.8. The van der Waals surface area contributed by atoms with E-state index in [2.05, 4.69) is 0 Å². The molecule has 18 heavy (non-hydrogen) atoms. The van der Waals surface area contributed by atoms with E-state index in [1.165, 1.54) is 0 Å². The SMILES string of the molecule is COc1ccc(CC(C)C(N)C(=O)O)cc1OC. The summed E-state index contributed by atoms with van der Waals surface area (Å²) in [6.07, 6.45) is 0.577. The van der Waals surface area contributed by atoms with Gasteiger partial charge in [-0.3, -0.25) is 4.79 Å². The van der Waals surface area contributed by atoms with E-state index >= 15 is 0 Å². The Morgan fingerprint density at radius 1 is 1.33 bits per heavy atom. The zero-order chi connectivity index (χ0) is 13.7. The molecule has 1 rings (SSSR count). The zero-order valence-corrected chi connectivity index (χ0v) is 10.8. The molecule has 0 fully saturated rings. The van der Waals surface area contributed by atoms with Gasteiger partial charge in [0, 0.05) is 0 Å². The maximum Gasteiger partial charge on any atom is 0.320 e. The largest absolute Gasteiger partial charge is 0.493 e. The van der Waals surface area contributed by atoms with E-state index < -0.39 is 12.0 Å². The van der Waals surface area contributed by atoms with Crippen LogP contribution in [0.5, 0.6) is 11.5 Å². The highest BCUT2D eigenvalue weighted by molar-refractivity contribution is 5.73. The predicted molar refractivity (Wildman–Crippen MR) is 68.0 cm³/mol. The van der Waals surface area contributed by atoms with Crippen LogP contribution in [0, 0.1) is 5.92 Å². The standard InChI is InChI=1S/C13H19NO4/c1-8(12(14)13(15)16)6-9-4-5-10(17-2)11(7-9)18-3/h4-5,7-8,12H,6,14H2,1-3H3,(H,15,16). The number of rotatable bonds is 6. The number of hydrogen-bond donors (Lipinski definition) is 2. The van der Waals surface area contributed by atoms with Crippen molar-refractivity contribution in [3.63, 3.8) is 0 Å². The molecular weight excluding hydrogens is 234 g/mol. The van der Waals surface area contributed by atoms with E-state index in [1.54, 1.807) is 20.3 Å². The third-order valence-corrected chi connectivity index (χ3v) is 2.90. The van der Waals surface area contributed by atoms with Crippen LogP contribution in [-0.4, -0.2) is 31.3 Å². The Hall–Kier alpha value is -1.75. The van der Waals surface area contributed by atoms with Gasteiger partial charge in [-0.2, -0.15) is 0 Å². The van der Waals surface area contributed by atoms with Crippen molar-refractivity contribution in [3.05, 3.63) is 23.8 Å². The van der Waals surface area contributed by atoms with Gasteiger partial charge in [-0.25, -0.2) is 0 Å². The van der Waals surface area contributed by atoms with Crippen LogP contribution < -0.4 is 15.2 Å². The maximum atomic E-state index is 10.8. The van der Waals surface area contributed by atoms with Crippen molar-refractivity contribution in [1.82, 2.24) is 0 Å². The molecule has 3 N–H and O–H groups in total. The van der Waals surface area contributed by atoms with Gasteiger partial charge in [0.15, 0.2) is 11.5 Å². The lowest BCUT2D eigenvalue weighted by Gasteiger charge is -2.16. The second-order valence-corrected chi connectivity index (χ2v) is 4.23. The summed E-state index contributed by atoms with van der Waals surface area (Å²) in [7, 11) is 3.13. The van der Waals surface area contributed by atoms with E-state index in [0.29, 0.717) is 17.9 Å². The van der Waals surface area contributed by atoms with Gasteiger partial charge in [0.05, 0.1) is 14.2 Å². The third-order valence-electron chi connectivity index (χ3n) is 2.90. The normalized spacial score (nSPS) is 13.8. The summed E-state index contributed by atoms with van der Waals surface area (Å²) in [6, 6.07) is 4.65. The molecule has 0 aromatic heterocycles. The molecule has 5 nitrogen and oxygen atoms in total. The van der Waals surface area contributed by atoms with Crippen molar-refractivity contribution in [3.8, 4) is 11.5 Å². The Kier molecular flexibility index (Phi) is 4.97. The first-order chi connectivity index (χ1) is 8.49. The molecular formula is C13H19NO4. The minimum atomic E-state index is -0.983. The number of benzene rings is 1. The molecule has 2 atom stereocenters. The number of carboxylic acids is 1. The Labute approximate surface area is 107 Å². The highest BCUT2D eigenvalue weighted by atomic mass is 16.5. The average Bonchev–Trinajstić information content (AvgIpc) is 2.37. The fraction of sp³-hybridized carbons (Fsp3) is 0.462. The summed E-state index contributed by atoms with van der Waals surface area (Å²) < 4.78 is 10.3. The van der Waals surface area contributed by atoms with Crippen molar-refractivity contribution < 1.29 is 19.4 Å². The Bertz CT molecular complexity index is 419. The highest BCUT2D eigenvalue weighted by Gasteiger charge is 2.20. The van der Waals surface area contributed by atoms with Crippen LogP contribution >= 0.6 is 0 Å². The molecule has 0 radical (unpaired) electrons. The second kappa shape index (κ2) is 6.26. The van der Waals surface area contributed by atoms with Crippen LogP contribution in [0.1, 0.15) is 12.5 Å². The fourth-order valence-electron chi connectivity index (χ4n) is 1.75. The zero-order valence-electron chi connectivity index (χ0n) is 10.8. The monoisotopic (exact) mass is 253 g/mol. The third kappa shape index (κ3) is 3.37. The second-order valence-electron chi connectivity index (χ2n) is 4.23. The highest BCUT2D eigenvalue weighted by Crippen LogP contribution is 2.28. The van der Waals surface area contributed by atoms with Gasteiger partial charge in [-0.15, -0.1) is 0 Å². The van der Waals surface area contributed by atoms with Gasteiger partial charge in [-0.1, -0.05) is 13.0 Å². The molecule has 0 saturated carbocycles. The summed E-state index contributed by atoms with van der Waals surface area (Å²) in [5, 5.41) is 8.84. The molecule has 0 aliphatic rings. The molecule has 0 bridgehead atoms. The lowest BCUT2D eigenvalue weighted by Crippen LogP contribution is -2.37. The molecule has 5 heteroatoms. The minimum Gasteiger partial charge on any atom is -0.493 e. The summed E-state index contributed by atoms with van der Waals surface area (Å²) in [5.41, 5.74) is 6.55. The van der Waals surface area contributed by atoms with E-state index in [9.17, 15) is 4.79 Å². The van der Waals surface area contributed by atoms with E-state index in [4.69, 9.17) is 20.3 Å². The number of ether oxygens (including phenoxy) is 2. The molecule has 0 heterocycles.